The third-order valence-corrected chi connectivity index (χ3v) is 4.96. The van der Waals surface area contributed by atoms with Crippen LogP contribution in [0.2, 0.25) is 0 Å². The van der Waals surface area contributed by atoms with Gasteiger partial charge >= 0.3 is 18.2 Å². The highest BCUT2D eigenvalue weighted by atomic mass is 19.4. The Bertz CT molecular complexity index is 743. The van der Waals surface area contributed by atoms with Crippen LogP contribution in [0.15, 0.2) is 18.2 Å². The molecule has 1 aliphatic rings. The number of carbonyl (C=O) groups is 2. The zero-order chi connectivity index (χ0) is 23.0. The highest BCUT2D eigenvalue weighted by molar-refractivity contribution is 5.69. The Morgan fingerprint density at radius 1 is 1.19 bits per heavy atom. The van der Waals surface area contributed by atoms with Gasteiger partial charge in [0.05, 0.1) is 24.9 Å². The lowest BCUT2D eigenvalue weighted by atomic mass is 9.88. The summed E-state index contributed by atoms with van der Waals surface area (Å²) in [4.78, 5) is 25.1. The van der Waals surface area contributed by atoms with Crippen molar-refractivity contribution in [1.29, 1.82) is 0 Å². The molecule has 1 saturated heterocycles. The average molecular weight is 445 g/mol. The van der Waals surface area contributed by atoms with Crippen molar-refractivity contribution in [3.8, 4) is 5.75 Å². The topological polar surface area (TPSA) is 65.1 Å². The predicted molar refractivity (Wildman–Crippen MR) is 108 cm³/mol. The molecule has 31 heavy (non-hydrogen) atoms. The van der Waals surface area contributed by atoms with E-state index in [2.05, 4.69) is 0 Å². The third kappa shape index (κ3) is 7.63. The van der Waals surface area contributed by atoms with E-state index >= 15 is 0 Å². The first-order chi connectivity index (χ1) is 14.6. The van der Waals surface area contributed by atoms with E-state index in [9.17, 15) is 22.8 Å². The number of ether oxygens (including phenoxy) is 3. The number of rotatable bonds is 8. The molecule has 1 heterocycles. The molecule has 0 unspecified atom stereocenters. The fraction of sp³-hybridized carbons (Fsp3) is 0.636. The summed E-state index contributed by atoms with van der Waals surface area (Å²) < 4.78 is 55.3. The second-order valence-electron chi connectivity index (χ2n) is 7.70. The zero-order valence-corrected chi connectivity index (χ0v) is 18.2. The van der Waals surface area contributed by atoms with Crippen molar-refractivity contribution in [2.24, 2.45) is 0 Å². The van der Waals surface area contributed by atoms with Crippen LogP contribution in [0.1, 0.15) is 63.5 Å². The first kappa shape index (κ1) is 24.8. The maximum atomic E-state index is 13.2. The summed E-state index contributed by atoms with van der Waals surface area (Å²) in [6, 6.07) is 3.52. The lowest BCUT2D eigenvalue weighted by Gasteiger charge is -2.32. The Morgan fingerprint density at radius 3 is 2.45 bits per heavy atom. The van der Waals surface area contributed by atoms with Gasteiger partial charge in [-0.1, -0.05) is 6.07 Å². The van der Waals surface area contributed by atoms with E-state index in [1.54, 1.807) is 25.7 Å². The zero-order valence-electron chi connectivity index (χ0n) is 18.2. The van der Waals surface area contributed by atoms with E-state index < -0.39 is 11.7 Å². The van der Waals surface area contributed by atoms with Gasteiger partial charge in [-0.2, -0.15) is 13.2 Å². The molecule has 0 N–H and O–H groups in total. The van der Waals surface area contributed by atoms with Crippen molar-refractivity contribution in [2.45, 2.75) is 64.7 Å². The lowest BCUT2D eigenvalue weighted by Crippen LogP contribution is -2.39. The van der Waals surface area contributed by atoms with Crippen LogP contribution < -0.4 is 4.74 Å². The van der Waals surface area contributed by atoms with Gasteiger partial charge in [-0.3, -0.25) is 4.79 Å². The van der Waals surface area contributed by atoms with Gasteiger partial charge in [-0.25, -0.2) is 4.79 Å². The SMILES string of the molecule is CCOC(=O)CCCOc1cc(C(F)(F)F)ccc1C1CCN(C(=O)OC(C)C)CC1. The Balaban J connectivity index is 2.06. The number of likely N-dealkylation sites (tertiary alicyclic amines) is 1. The van der Waals surface area contributed by atoms with Gasteiger partial charge in [-0.05, 0) is 63.6 Å². The maximum absolute atomic E-state index is 13.2. The molecule has 0 atom stereocenters. The van der Waals surface area contributed by atoms with Gasteiger partial charge in [-0.15, -0.1) is 0 Å². The molecule has 1 aromatic carbocycles. The number of alkyl halides is 3. The second-order valence-corrected chi connectivity index (χ2v) is 7.70. The maximum Gasteiger partial charge on any atom is 0.416 e. The molecule has 1 amide bonds. The Hall–Kier alpha value is -2.45. The van der Waals surface area contributed by atoms with Crippen LogP contribution in [0, 0.1) is 0 Å². The smallest absolute Gasteiger partial charge is 0.416 e. The van der Waals surface area contributed by atoms with E-state index in [1.807, 2.05) is 0 Å². The minimum absolute atomic E-state index is 0.0366. The van der Waals surface area contributed by atoms with E-state index in [0.717, 1.165) is 12.1 Å². The summed E-state index contributed by atoms with van der Waals surface area (Å²) in [5.74, 6) is -0.233. The quantitative estimate of drug-likeness (QED) is 0.409. The molecule has 0 saturated carbocycles. The van der Waals surface area contributed by atoms with Crippen LogP contribution in [-0.4, -0.2) is 49.4 Å². The summed E-state index contributed by atoms with van der Waals surface area (Å²) >= 11 is 0. The van der Waals surface area contributed by atoms with E-state index in [1.165, 1.54) is 6.07 Å². The number of hydrogen-bond acceptors (Lipinski definition) is 5. The van der Waals surface area contributed by atoms with Gasteiger partial charge in [0.2, 0.25) is 0 Å². The molecule has 0 spiro atoms. The van der Waals surface area contributed by atoms with Crippen LogP contribution in [0.25, 0.3) is 0 Å². The molecule has 0 aromatic heterocycles. The molecule has 0 bridgehead atoms. The van der Waals surface area contributed by atoms with Gasteiger partial charge in [0, 0.05) is 19.5 Å². The van der Waals surface area contributed by atoms with E-state index in [0.29, 0.717) is 37.9 Å². The van der Waals surface area contributed by atoms with Crippen LogP contribution in [0.5, 0.6) is 5.75 Å². The van der Waals surface area contributed by atoms with Gasteiger partial charge < -0.3 is 19.1 Å². The summed E-state index contributed by atoms with van der Waals surface area (Å²) in [6.45, 7) is 6.56. The summed E-state index contributed by atoms with van der Waals surface area (Å²) in [7, 11) is 0. The Labute approximate surface area is 180 Å². The van der Waals surface area contributed by atoms with Crippen LogP contribution in [0.4, 0.5) is 18.0 Å². The lowest BCUT2D eigenvalue weighted by molar-refractivity contribution is -0.143. The monoisotopic (exact) mass is 445 g/mol. The third-order valence-electron chi connectivity index (χ3n) is 4.96. The number of esters is 1. The van der Waals surface area contributed by atoms with Crippen molar-refractivity contribution >= 4 is 12.1 Å². The second kappa shape index (κ2) is 11.2. The first-order valence-electron chi connectivity index (χ1n) is 10.6. The molecular weight excluding hydrogens is 415 g/mol. The molecule has 6 nitrogen and oxygen atoms in total. The van der Waals surface area contributed by atoms with Gasteiger partial charge in [0.25, 0.3) is 0 Å². The number of amides is 1. The molecule has 0 aliphatic carbocycles. The first-order valence-corrected chi connectivity index (χ1v) is 10.6. The fourth-order valence-electron chi connectivity index (χ4n) is 3.45. The summed E-state index contributed by atoms with van der Waals surface area (Å²) in [5.41, 5.74) is -0.101. The van der Waals surface area contributed by atoms with E-state index in [-0.39, 0.29) is 49.5 Å². The molecule has 2 rings (SSSR count). The minimum atomic E-state index is -4.48. The molecule has 174 valence electrons. The van der Waals surface area contributed by atoms with Crippen molar-refractivity contribution in [1.82, 2.24) is 4.90 Å². The number of nitrogens with zero attached hydrogens (tertiary/aromatic N) is 1. The summed E-state index contributed by atoms with van der Waals surface area (Å²) in [5, 5.41) is 0. The van der Waals surface area contributed by atoms with Gasteiger partial charge in [0.15, 0.2) is 0 Å². The average Bonchev–Trinajstić information content (AvgIpc) is 2.70. The van der Waals surface area contributed by atoms with Crippen molar-refractivity contribution in [3.63, 3.8) is 0 Å². The predicted octanol–water partition coefficient (Wildman–Crippen LogP) is 5.15. The molecule has 1 aromatic rings. The highest BCUT2D eigenvalue weighted by Gasteiger charge is 2.33. The minimum Gasteiger partial charge on any atom is -0.493 e. The number of piperidine rings is 1. The summed E-state index contributed by atoms with van der Waals surface area (Å²) in [6.07, 6.45) is -3.40. The van der Waals surface area contributed by atoms with E-state index in [4.69, 9.17) is 14.2 Å². The molecular formula is C22H30F3NO5. The van der Waals surface area contributed by atoms with Gasteiger partial charge in [0.1, 0.15) is 5.75 Å². The number of halogens is 3. The number of benzene rings is 1. The molecule has 1 aliphatic heterocycles. The largest absolute Gasteiger partial charge is 0.493 e. The van der Waals surface area contributed by atoms with Crippen molar-refractivity contribution in [2.75, 3.05) is 26.3 Å². The number of hydrogen-bond donors (Lipinski definition) is 0. The number of carbonyl (C=O) groups excluding carboxylic acids is 2. The van der Waals surface area contributed by atoms with Crippen LogP contribution in [-0.2, 0) is 20.4 Å². The van der Waals surface area contributed by atoms with Crippen LogP contribution >= 0.6 is 0 Å². The fourth-order valence-corrected chi connectivity index (χ4v) is 3.45. The Kier molecular flexibility index (Phi) is 9.00. The van der Waals surface area contributed by atoms with Crippen LogP contribution in [0.3, 0.4) is 0 Å². The Morgan fingerprint density at radius 2 is 1.87 bits per heavy atom. The van der Waals surface area contributed by atoms with Crippen molar-refractivity contribution < 1.29 is 37.0 Å². The highest BCUT2D eigenvalue weighted by Crippen LogP contribution is 2.39. The molecule has 1 fully saturated rings. The van der Waals surface area contributed by atoms with Crippen molar-refractivity contribution in [3.05, 3.63) is 29.3 Å². The normalized spacial score (nSPS) is 15.1. The standard InChI is InChI=1S/C22H30F3NO5/c1-4-29-20(27)6-5-13-30-19-14-17(22(23,24)25)7-8-18(19)16-9-11-26(12-10-16)21(28)31-15(2)3/h7-8,14-16H,4-6,9-13H2,1-3H3. The molecule has 9 heteroatoms. The molecule has 0 radical (unpaired) electrons.